The van der Waals surface area contributed by atoms with Gasteiger partial charge in [0.25, 0.3) is 6.43 Å². The fourth-order valence-electron chi connectivity index (χ4n) is 1.08. The van der Waals surface area contributed by atoms with Crippen molar-refractivity contribution in [3.8, 4) is 6.07 Å². The number of nitriles is 1. The van der Waals surface area contributed by atoms with Gasteiger partial charge in [0, 0.05) is 6.20 Å². The number of carboxylic acids is 1. The van der Waals surface area contributed by atoms with Gasteiger partial charge in [0.2, 0.25) is 0 Å². The third kappa shape index (κ3) is 1.83. The van der Waals surface area contributed by atoms with Crippen LogP contribution in [0.15, 0.2) is 6.20 Å². The number of aromatic nitrogens is 1. The van der Waals surface area contributed by atoms with Crippen LogP contribution in [0.5, 0.6) is 0 Å². The average molecular weight is 213 g/mol. The minimum atomic E-state index is -3.09. The summed E-state index contributed by atoms with van der Waals surface area (Å²) in [4.78, 5) is 14.0. The summed E-state index contributed by atoms with van der Waals surface area (Å²) in [5.74, 6) is -2.16. The van der Waals surface area contributed by atoms with E-state index in [1.165, 1.54) is 6.07 Å². The first kappa shape index (κ1) is 10.8. The Labute approximate surface area is 82.8 Å². The normalized spacial score (nSPS) is 10.0. The van der Waals surface area contributed by atoms with Gasteiger partial charge in [0.1, 0.15) is 17.5 Å². The smallest absolute Gasteiger partial charge is 0.340 e. The second-order valence-electron chi connectivity index (χ2n) is 2.56. The largest absolute Gasteiger partial charge is 0.478 e. The van der Waals surface area contributed by atoms with Crippen molar-refractivity contribution in [1.82, 2.24) is 4.98 Å². The molecule has 0 atom stereocenters. The topological polar surface area (TPSA) is 100 Å². The molecule has 0 amide bonds. The molecule has 1 aromatic heterocycles. The average Bonchev–Trinajstić information content (AvgIpc) is 2.16. The van der Waals surface area contributed by atoms with E-state index in [0.29, 0.717) is 0 Å². The first-order valence-corrected chi connectivity index (χ1v) is 3.69. The van der Waals surface area contributed by atoms with E-state index in [4.69, 9.17) is 16.1 Å². The molecule has 0 saturated carbocycles. The van der Waals surface area contributed by atoms with Gasteiger partial charge < -0.3 is 10.8 Å². The van der Waals surface area contributed by atoms with Crippen LogP contribution < -0.4 is 5.73 Å². The number of carboxylic acid groups (broad SMARTS) is 1. The lowest BCUT2D eigenvalue weighted by atomic mass is 10.0. The van der Waals surface area contributed by atoms with Crippen LogP contribution in [0, 0.1) is 11.3 Å². The van der Waals surface area contributed by atoms with Crippen LogP contribution >= 0.6 is 0 Å². The van der Waals surface area contributed by atoms with Crippen molar-refractivity contribution in [2.45, 2.75) is 6.43 Å². The van der Waals surface area contributed by atoms with Crippen LogP contribution in [-0.2, 0) is 0 Å². The molecular formula is C8H5F2N3O2. The van der Waals surface area contributed by atoms with Crippen molar-refractivity contribution in [1.29, 1.82) is 5.26 Å². The van der Waals surface area contributed by atoms with Crippen LogP contribution in [0.25, 0.3) is 0 Å². The highest BCUT2D eigenvalue weighted by atomic mass is 19.3. The van der Waals surface area contributed by atoms with Gasteiger partial charge in [-0.2, -0.15) is 5.26 Å². The van der Waals surface area contributed by atoms with Crippen LogP contribution in [0.2, 0.25) is 0 Å². The molecule has 0 saturated heterocycles. The van der Waals surface area contributed by atoms with Crippen molar-refractivity contribution in [3.05, 3.63) is 22.9 Å². The number of hydrogen-bond acceptors (Lipinski definition) is 4. The summed E-state index contributed by atoms with van der Waals surface area (Å²) in [5, 5.41) is 17.2. The minimum Gasteiger partial charge on any atom is -0.478 e. The summed E-state index contributed by atoms with van der Waals surface area (Å²) in [6.07, 6.45) is -2.26. The molecule has 78 valence electrons. The molecule has 0 aliphatic rings. The summed E-state index contributed by atoms with van der Waals surface area (Å²) in [6, 6.07) is 1.44. The Kier molecular flexibility index (Phi) is 2.80. The number of hydrogen-bond donors (Lipinski definition) is 2. The zero-order valence-corrected chi connectivity index (χ0v) is 7.24. The lowest BCUT2D eigenvalue weighted by molar-refractivity contribution is 0.0685. The quantitative estimate of drug-likeness (QED) is 0.767. The number of nitrogens with two attached hydrogens (primary N) is 1. The number of nitrogens with zero attached hydrogens (tertiary/aromatic N) is 2. The minimum absolute atomic E-state index is 0.489. The lowest BCUT2D eigenvalue weighted by Crippen LogP contribution is -2.11. The predicted octanol–water partition coefficient (Wildman–Crippen LogP) is 1.17. The maximum absolute atomic E-state index is 12.5. The fraction of sp³-hybridized carbons (Fsp3) is 0.125. The van der Waals surface area contributed by atoms with E-state index >= 15 is 0 Å². The number of rotatable bonds is 2. The molecule has 5 nitrogen and oxygen atoms in total. The van der Waals surface area contributed by atoms with Crippen molar-refractivity contribution in [2.24, 2.45) is 0 Å². The molecule has 0 unspecified atom stereocenters. The molecule has 0 bridgehead atoms. The molecule has 3 N–H and O–H groups in total. The first-order chi connectivity index (χ1) is 6.99. The predicted molar refractivity (Wildman–Crippen MR) is 45.3 cm³/mol. The van der Waals surface area contributed by atoms with Crippen LogP contribution in [0.3, 0.4) is 0 Å². The Morgan fingerprint density at radius 2 is 2.27 bits per heavy atom. The molecule has 1 heterocycles. The van der Waals surface area contributed by atoms with Crippen LogP contribution in [0.1, 0.15) is 27.9 Å². The van der Waals surface area contributed by atoms with Gasteiger partial charge in [0.15, 0.2) is 0 Å². The Bertz CT molecular complexity index is 454. The molecular weight excluding hydrogens is 208 g/mol. The molecule has 0 radical (unpaired) electrons. The highest BCUT2D eigenvalue weighted by Crippen LogP contribution is 2.28. The van der Waals surface area contributed by atoms with Gasteiger partial charge in [-0.05, 0) is 0 Å². The monoisotopic (exact) mass is 213 g/mol. The number of nitrogen functional groups attached to an aromatic ring is 1. The van der Waals surface area contributed by atoms with Crippen LogP contribution in [-0.4, -0.2) is 16.1 Å². The van der Waals surface area contributed by atoms with Crippen molar-refractivity contribution < 1.29 is 18.7 Å². The van der Waals surface area contributed by atoms with Gasteiger partial charge in [0.05, 0.1) is 11.1 Å². The van der Waals surface area contributed by atoms with Gasteiger partial charge in [-0.25, -0.2) is 18.6 Å². The Morgan fingerprint density at radius 3 is 2.67 bits per heavy atom. The molecule has 0 spiro atoms. The van der Waals surface area contributed by atoms with Crippen LogP contribution in [0.4, 0.5) is 14.6 Å². The maximum Gasteiger partial charge on any atom is 0.340 e. The Hall–Kier alpha value is -2.23. The standard InChI is InChI=1S/C8H5F2N3O2/c9-6(10)4-3(1-11)2-13-7(12)5(4)8(14)15/h2,6H,(H2,12,13)(H,14,15). The molecule has 1 rings (SSSR count). The summed E-state index contributed by atoms with van der Waals surface area (Å²) < 4.78 is 25.0. The van der Waals surface area contributed by atoms with E-state index in [1.807, 2.05) is 0 Å². The third-order valence-electron chi connectivity index (χ3n) is 1.70. The van der Waals surface area contributed by atoms with E-state index in [-0.39, 0.29) is 0 Å². The fourth-order valence-corrected chi connectivity index (χ4v) is 1.08. The SMILES string of the molecule is N#Cc1cnc(N)c(C(=O)O)c1C(F)F. The summed E-state index contributed by atoms with van der Waals surface area (Å²) >= 11 is 0. The van der Waals surface area contributed by atoms with Gasteiger partial charge in [-0.3, -0.25) is 0 Å². The van der Waals surface area contributed by atoms with E-state index < -0.39 is 34.9 Å². The maximum atomic E-state index is 12.5. The lowest BCUT2D eigenvalue weighted by Gasteiger charge is -2.08. The van der Waals surface area contributed by atoms with Crippen molar-refractivity contribution in [2.75, 3.05) is 5.73 Å². The highest BCUT2D eigenvalue weighted by molar-refractivity contribution is 5.95. The number of alkyl halides is 2. The molecule has 0 fully saturated rings. The number of pyridine rings is 1. The summed E-state index contributed by atoms with van der Waals surface area (Å²) in [7, 11) is 0. The van der Waals surface area contributed by atoms with Gasteiger partial charge in [-0.1, -0.05) is 0 Å². The number of aromatic carboxylic acids is 1. The number of anilines is 1. The molecule has 1 aromatic rings. The van der Waals surface area contributed by atoms with Crippen molar-refractivity contribution >= 4 is 11.8 Å². The van der Waals surface area contributed by atoms with Gasteiger partial charge in [-0.15, -0.1) is 0 Å². The summed E-state index contributed by atoms with van der Waals surface area (Å²) in [5.41, 5.74) is 2.95. The van der Waals surface area contributed by atoms with E-state index in [9.17, 15) is 13.6 Å². The van der Waals surface area contributed by atoms with Gasteiger partial charge >= 0.3 is 5.97 Å². The zero-order valence-electron chi connectivity index (χ0n) is 7.24. The highest BCUT2D eigenvalue weighted by Gasteiger charge is 2.25. The first-order valence-electron chi connectivity index (χ1n) is 3.69. The third-order valence-corrected chi connectivity index (χ3v) is 1.70. The second-order valence-corrected chi connectivity index (χ2v) is 2.56. The zero-order chi connectivity index (χ0) is 11.6. The molecule has 0 aliphatic heterocycles. The molecule has 0 aliphatic carbocycles. The molecule has 15 heavy (non-hydrogen) atoms. The summed E-state index contributed by atoms with van der Waals surface area (Å²) in [6.45, 7) is 0. The Morgan fingerprint density at radius 1 is 1.67 bits per heavy atom. The number of carbonyl (C=O) groups is 1. The van der Waals surface area contributed by atoms with Crippen molar-refractivity contribution in [3.63, 3.8) is 0 Å². The second kappa shape index (κ2) is 3.88. The Balaban J connectivity index is 3.60. The molecule has 0 aromatic carbocycles. The molecule has 7 heteroatoms. The van der Waals surface area contributed by atoms with E-state index in [2.05, 4.69) is 4.98 Å². The van der Waals surface area contributed by atoms with E-state index in [0.717, 1.165) is 6.20 Å². The van der Waals surface area contributed by atoms with E-state index in [1.54, 1.807) is 0 Å². The number of halogens is 2.